The summed E-state index contributed by atoms with van der Waals surface area (Å²) in [6.07, 6.45) is 1.64. The second kappa shape index (κ2) is 5.66. The largest absolute Gasteiger partial charge is 0.485 e. The third-order valence-electron chi connectivity index (χ3n) is 3.26. The van der Waals surface area contributed by atoms with Crippen LogP contribution in [0, 0.1) is 6.92 Å². The van der Waals surface area contributed by atoms with Crippen LogP contribution in [0.5, 0.6) is 5.75 Å². The van der Waals surface area contributed by atoms with Crippen LogP contribution in [0.2, 0.25) is 5.15 Å². The molecule has 0 bridgehead atoms. The van der Waals surface area contributed by atoms with Crippen LogP contribution in [0.1, 0.15) is 36.7 Å². The maximum Gasteiger partial charge on any atom is 0.147 e. The lowest BCUT2D eigenvalue weighted by atomic mass is 10.0. The molecule has 2 rings (SSSR count). The number of imidazole rings is 1. The van der Waals surface area contributed by atoms with Gasteiger partial charge in [0.15, 0.2) is 0 Å². The zero-order chi connectivity index (χ0) is 14.0. The third-order valence-corrected chi connectivity index (χ3v) is 3.61. The van der Waals surface area contributed by atoms with Crippen LogP contribution in [0.25, 0.3) is 0 Å². The van der Waals surface area contributed by atoms with Crippen LogP contribution in [0.3, 0.4) is 0 Å². The summed E-state index contributed by atoms with van der Waals surface area (Å²) in [5.74, 6) is 2.22. The van der Waals surface area contributed by atoms with Crippen molar-refractivity contribution in [3.8, 4) is 5.75 Å². The van der Waals surface area contributed by atoms with Crippen LogP contribution in [-0.2, 0) is 13.7 Å². The molecule has 0 radical (unpaired) electrons. The maximum absolute atomic E-state index is 5.95. The Labute approximate surface area is 119 Å². The van der Waals surface area contributed by atoms with E-state index in [2.05, 4.69) is 37.0 Å². The van der Waals surface area contributed by atoms with Gasteiger partial charge >= 0.3 is 0 Å². The van der Waals surface area contributed by atoms with Gasteiger partial charge in [-0.15, -0.1) is 0 Å². The number of ether oxygens (including phenoxy) is 1. The van der Waals surface area contributed by atoms with Crippen LogP contribution in [0.15, 0.2) is 24.4 Å². The number of aromatic nitrogens is 2. The fourth-order valence-electron chi connectivity index (χ4n) is 1.83. The van der Waals surface area contributed by atoms with Gasteiger partial charge in [0.05, 0.1) is 6.20 Å². The highest BCUT2D eigenvalue weighted by molar-refractivity contribution is 6.29. The average Bonchev–Trinajstić information content (AvgIpc) is 2.69. The Hall–Kier alpha value is -1.48. The van der Waals surface area contributed by atoms with Crippen molar-refractivity contribution in [2.75, 3.05) is 0 Å². The number of hydrogen-bond acceptors (Lipinski definition) is 2. The van der Waals surface area contributed by atoms with E-state index in [1.807, 2.05) is 18.5 Å². The number of rotatable bonds is 4. The van der Waals surface area contributed by atoms with E-state index in [9.17, 15) is 0 Å². The monoisotopic (exact) mass is 278 g/mol. The minimum Gasteiger partial charge on any atom is -0.485 e. The van der Waals surface area contributed by atoms with Gasteiger partial charge < -0.3 is 9.30 Å². The van der Waals surface area contributed by atoms with E-state index in [1.54, 1.807) is 6.20 Å². The summed E-state index contributed by atoms with van der Waals surface area (Å²) in [5.41, 5.74) is 2.41. The zero-order valence-electron chi connectivity index (χ0n) is 11.8. The fraction of sp³-hybridized carbons (Fsp3) is 0.400. The molecule has 0 aliphatic carbocycles. The van der Waals surface area contributed by atoms with Crippen LogP contribution < -0.4 is 4.74 Å². The molecule has 19 heavy (non-hydrogen) atoms. The lowest BCUT2D eigenvalue weighted by molar-refractivity contribution is 0.289. The van der Waals surface area contributed by atoms with Gasteiger partial charge in [-0.3, -0.25) is 0 Å². The van der Waals surface area contributed by atoms with E-state index in [1.165, 1.54) is 5.56 Å². The first-order chi connectivity index (χ1) is 8.99. The van der Waals surface area contributed by atoms with Crippen molar-refractivity contribution >= 4 is 11.6 Å². The Morgan fingerprint density at radius 1 is 1.37 bits per heavy atom. The third kappa shape index (κ3) is 3.10. The van der Waals surface area contributed by atoms with E-state index >= 15 is 0 Å². The van der Waals surface area contributed by atoms with Gasteiger partial charge in [0, 0.05) is 7.05 Å². The number of halogens is 1. The van der Waals surface area contributed by atoms with Gasteiger partial charge in [-0.25, -0.2) is 4.98 Å². The van der Waals surface area contributed by atoms with Crippen molar-refractivity contribution in [3.05, 3.63) is 46.5 Å². The molecule has 0 aliphatic rings. The van der Waals surface area contributed by atoms with Gasteiger partial charge in [-0.05, 0) is 30.0 Å². The van der Waals surface area contributed by atoms with Gasteiger partial charge in [-0.1, -0.05) is 37.6 Å². The van der Waals surface area contributed by atoms with Crippen LogP contribution in [-0.4, -0.2) is 9.55 Å². The van der Waals surface area contributed by atoms with Gasteiger partial charge in [0.25, 0.3) is 0 Å². The summed E-state index contributed by atoms with van der Waals surface area (Å²) in [7, 11) is 1.88. The molecule has 1 aromatic carbocycles. The molecule has 4 heteroatoms. The quantitative estimate of drug-likeness (QED) is 0.842. The van der Waals surface area contributed by atoms with E-state index in [-0.39, 0.29) is 0 Å². The van der Waals surface area contributed by atoms with Gasteiger partial charge in [0.1, 0.15) is 23.3 Å². The second-order valence-corrected chi connectivity index (χ2v) is 5.41. The number of hydrogen-bond donors (Lipinski definition) is 0. The molecule has 102 valence electrons. The summed E-state index contributed by atoms with van der Waals surface area (Å²) in [6, 6.07) is 6.34. The molecule has 2 aromatic rings. The van der Waals surface area contributed by atoms with Crippen molar-refractivity contribution < 1.29 is 4.74 Å². The summed E-state index contributed by atoms with van der Waals surface area (Å²) in [5, 5.41) is 0.617. The first-order valence-electron chi connectivity index (χ1n) is 6.38. The van der Waals surface area contributed by atoms with E-state index in [4.69, 9.17) is 16.3 Å². The smallest absolute Gasteiger partial charge is 0.147 e. The topological polar surface area (TPSA) is 27.1 Å². The highest BCUT2D eigenvalue weighted by Crippen LogP contribution is 2.25. The molecule has 0 atom stereocenters. The molecule has 0 N–H and O–H groups in total. The molecule has 0 saturated carbocycles. The first-order valence-corrected chi connectivity index (χ1v) is 6.76. The summed E-state index contributed by atoms with van der Waals surface area (Å²) < 4.78 is 7.69. The van der Waals surface area contributed by atoms with E-state index in [0.29, 0.717) is 17.7 Å². The Balaban J connectivity index is 2.15. The summed E-state index contributed by atoms with van der Waals surface area (Å²) in [4.78, 5) is 4.22. The predicted molar refractivity (Wildman–Crippen MR) is 77.8 cm³/mol. The minimum absolute atomic E-state index is 0.422. The Bertz CT molecular complexity index is 576. The number of nitrogens with zero attached hydrogens (tertiary/aromatic N) is 2. The lowest BCUT2D eigenvalue weighted by Gasteiger charge is -2.12. The lowest BCUT2D eigenvalue weighted by Crippen LogP contribution is -2.04. The van der Waals surface area contributed by atoms with Gasteiger partial charge in [-0.2, -0.15) is 0 Å². The van der Waals surface area contributed by atoms with E-state index < -0.39 is 0 Å². The van der Waals surface area contributed by atoms with Crippen molar-refractivity contribution in [3.63, 3.8) is 0 Å². The number of benzene rings is 1. The summed E-state index contributed by atoms with van der Waals surface area (Å²) in [6.45, 7) is 6.82. The second-order valence-electron chi connectivity index (χ2n) is 5.02. The highest BCUT2D eigenvalue weighted by Gasteiger charge is 2.08. The Morgan fingerprint density at radius 2 is 2.11 bits per heavy atom. The molecule has 0 amide bonds. The molecule has 1 aromatic heterocycles. The molecule has 0 unspecified atom stereocenters. The molecular weight excluding hydrogens is 260 g/mol. The summed E-state index contributed by atoms with van der Waals surface area (Å²) >= 11 is 5.95. The maximum atomic E-state index is 5.95. The van der Waals surface area contributed by atoms with Gasteiger partial charge in [0.2, 0.25) is 0 Å². The minimum atomic E-state index is 0.422. The SMILES string of the molecule is Cc1ccc(C(C)C)cc1OCc1ncc(Cl)n1C. The molecule has 0 saturated heterocycles. The van der Waals surface area contributed by atoms with Crippen molar-refractivity contribution in [2.45, 2.75) is 33.3 Å². The van der Waals surface area contributed by atoms with Crippen LogP contribution in [0.4, 0.5) is 0 Å². The fourth-order valence-corrected chi connectivity index (χ4v) is 1.98. The number of aryl methyl sites for hydroxylation is 1. The molecule has 0 aliphatic heterocycles. The highest BCUT2D eigenvalue weighted by atomic mass is 35.5. The Kier molecular flexibility index (Phi) is 4.15. The van der Waals surface area contributed by atoms with E-state index in [0.717, 1.165) is 17.1 Å². The molecule has 0 fully saturated rings. The van der Waals surface area contributed by atoms with Crippen molar-refractivity contribution in [1.82, 2.24) is 9.55 Å². The average molecular weight is 279 g/mol. The normalized spacial score (nSPS) is 11.1. The van der Waals surface area contributed by atoms with Crippen molar-refractivity contribution in [1.29, 1.82) is 0 Å². The van der Waals surface area contributed by atoms with Crippen LogP contribution >= 0.6 is 11.6 Å². The zero-order valence-corrected chi connectivity index (χ0v) is 12.5. The van der Waals surface area contributed by atoms with Crippen molar-refractivity contribution in [2.24, 2.45) is 7.05 Å². The standard InChI is InChI=1S/C15H19ClN2O/c1-10(2)12-6-5-11(3)13(7-12)19-9-15-17-8-14(16)18(15)4/h5-8,10H,9H2,1-4H3. The molecule has 1 heterocycles. The molecule has 3 nitrogen and oxygen atoms in total. The molecule has 0 spiro atoms. The first kappa shape index (κ1) is 13.9. The predicted octanol–water partition coefficient (Wildman–Crippen LogP) is 4.08. The molecular formula is C15H19ClN2O. The Morgan fingerprint density at radius 3 is 2.68 bits per heavy atom.